The third-order valence-electron chi connectivity index (χ3n) is 2.90. The van der Waals surface area contributed by atoms with Crippen molar-refractivity contribution in [2.75, 3.05) is 6.61 Å². The highest BCUT2D eigenvalue weighted by atomic mass is 79.9. The second-order valence-electron chi connectivity index (χ2n) is 6.44. The molecule has 0 aliphatic rings. The monoisotopic (exact) mass is 383 g/mol. The van der Waals surface area contributed by atoms with Crippen LogP contribution in [0.25, 0.3) is 0 Å². The van der Waals surface area contributed by atoms with Crippen molar-refractivity contribution in [1.82, 2.24) is 5.32 Å². The molecular weight excluding hydrogens is 362 g/mol. The van der Waals surface area contributed by atoms with Gasteiger partial charge in [0.25, 0.3) is 5.91 Å². The van der Waals surface area contributed by atoms with Crippen LogP contribution in [0.3, 0.4) is 0 Å². The number of ketones is 1. The third-order valence-corrected chi connectivity index (χ3v) is 3.39. The normalized spacial score (nSPS) is 12.4. The van der Waals surface area contributed by atoms with Gasteiger partial charge in [-0.2, -0.15) is 0 Å². The summed E-state index contributed by atoms with van der Waals surface area (Å²) in [7, 11) is 0. The molecule has 1 aromatic carbocycles. The minimum Gasteiger partial charge on any atom is -0.455 e. The summed E-state index contributed by atoms with van der Waals surface area (Å²) in [5, 5.41) is 2.70. The SMILES string of the molecule is C[C@@H](CC(=O)c1cccc(Br)c1)C(=O)OCC(=O)NC(C)(C)C. The Labute approximate surface area is 144 Å². The van der Waals surface area contributed by atoms with E-state index >= 15 is 0 Å². The van der Waals surface area contributed by atoms with Gasteiger partial charge in [0, 0.05) is 22.0 Å². The number of ether oxygens (including phenoxy) is 1. The van der Waals surface area contributed by atoms with Gasteiger partial charge >= 0.3 is 5.97 Å². The van der Waals surface area contributed by atoms with Crippen LogP contribution in [0, 0.1) is 5.92 Å². The highest BCUT2D eigenvalue weighted by molar-refractivity contribution is 9.10. The second-order valence-corrected chi connectivity index (χ2v) is 7.36. The van der Waals surface area contributed by atoms with Crippen molar-refractivity contribution in [2.24, 2.45) is 5.92 Å². The number of esters is 1. The summed E-state index contributed by atoms with van der Waals surface area (Å²) >= 11 is 3.30. The fraction of sp³-hybridized carbons (Fsp3) is 0.471. The van der Waals surface area contributed by atoms with Gasteiger partial charge < -0.3 is 10.1 Å². The van der Waals surface area contributed by atoms with Crippen molar-refractivity contribution in [3.05, 3.63) is 34.3 Å². The number of hydrogen-bond donors (Lipinski definition) is 1. The molecule has 0 saturated heterocycles. The Kier molecular flexibility index (Phi) is 6.94. The molecule has 23 heavy (non-hydrogen) atoms. The standard InChI is InChI=1S/C17H22BrNO4/c1-11(8-14(20)12-6-5-7-13(18)9-12)16(22)23-10-15(21)19-17(2,3)4/h5-7,9,11H,8,10H2,1-4H3,(H,19,21)/t11-/m0/s1. The lowest BCUT2D eigenvalue weighted by Crippen LogP contribution is -2.43. The zero-order chi connectivity index (χ0) is 17.6. The van der Waals surface area contributed by atoms with Gasteiger partial charge in [-0.1, -0.05) is 35.0 Å². The number of halogens is 1. The van der Waals surface area contributed by atoms with E-state index in [1.807, 2.05) is 26.8 Å². The summed E-state index contributed by atoms with van der Waals surface area (Å²) in [6.45, 7) is 6.79. The topological polar surface area (TPSA) is 72.5 Å². The highest BCUT2D eigenvalue weighted by Gasteiger charge is 2.21. The smallest absolute Gasteiger partial charge is 0.309 e. The van der Waals surface area contributed by atoms with Crippen LogP contribution in [0.15, 0.2) is 28.7 Å². The number of amides is 1. The maximum Gasteiger partial charge on any atom is 0.309 e. The lowest BCUT2D eigenvalue weighted by Gasteiger charge is -2.20. The number of nitrogens with one attached hydrogen (secondary N) is 1. The minimum atomic E-state index is -0.607. The molecule has 0 fully saturated rings. The predicted octanol–water partition coefficient (Wildman–Crippen LogP) is 3.12. The lowest BCUT2D eigenvalue weighted by atomic mass is 10.00. The van der Waals surface area contributed by atoms with E-state index in [0.29, 0.717) is 5.56 Å². The molecule has 0 heterocycles. The van der Waals surface area contributed by atoms with Crippen molar-refractivity contribution in [2.45, 2.75) is 39.7 Å². The van der Waals surface area contributed by atoms with Gasteiger partial charge in [-0.25, -0.2) is 0 Å². The molecule has 1 amide bonds. The zero-order valence-corrected chi connectivity index (χ0v) is 15.4. The van der Waals surface area contributed by atoms with Gasteiger partial charge in [0.05, 0.1) is 5.92 Å². The van der Waals surface area contributed by atoms with Crippen LogP contribution in [0.1, 0.15) is 44.5 Å². The summed E-state index contributed by atoms with van der Waals surface area (Å²) in [6, 6.07) is 6.98. The highest BCUT2D eigenvalue weighted by Crippen LogP contribution is 2.16. The Morgan fingerprint density at radius 1 is 1.26 bits per heavy atom. The average molecular weight is 384 g/mol. The molecule has 5 nitrogen and oxygen atoms in total. The molecule has 126 valence electrons. The van der Waals surface area contributed by atoms with E-state index in [2.05, 4.69) is 21.2 Å². The summed E-state index contributed by atoms with van der Waals surface area (Å²) in [6.07, 6.45) is 0.0379. The zero-order valence-electron chi connectivity index (χ0n) is 13.8. The average Bonchev–Trinajstić information content (AvgIpc) is 2.42. The fourth-order valence-corrected chi connectivity index (χ4v) is 2.27. The van der Waals surface area contributed by atoms with E-state index in [1.54, 1.807) is 25.1 Å². The first kappa shape index (κ1) is 19.4. The van der Waals surface area contributed by atoms with Crippen molar-refractivity contribution in [3.63, 3.8) is 0 Å². The van der Waals surface area contributed by atoms with E-state index in [0.717, 1.165) is 4.47 Å². The Balaban J connectivity index is 2.48. The number of carbonyl (C=O) groups is 3. The van der Waals surface area contributed by atoms with Crippen LogP contribution in [0.2, 0.25) is 0 Å². The second kappa shape index (κ2) is 8.24. The molecule has 0 aliphatic carbocycles. The number of rotatable bonds is 6. The Morgan fingerprint density at radius 3 is 2.48 bits per heavy atom. The summed E-state index contributed by atoms with van der Waals surface area (Å²) in [4.78, 5) is 35.6. The van der Waals surface area contributed by atoms with Gasteiger partial charge in [0.15, 0.2) is 12.4 Å². The fourth-order valence-electron chi connectivity index (χ4n) is 1.87. The van der Waals surface area contributed by atoms with Crippen LogP contribution in [-0.4, -0.2) is 29.8 Å². The van der Waals surface area contributed by atoms with Gasteiger partial charge in [-0.15, -0.1) is 0 Å². The number of benzene rings is 1. The first-order chi connectivity index (χ1) is 10.6. The van der Waals surface area contributed by atoms with Crippen molar-refractivity contribution in [1.29, 1.82) is 0 Å². The van der Waals surface area contributed by atoms with Crippen LogP contribution < -0.4 is 5.32 Å². The molecule has 0 unspecified atom stereocenters. The largest absolute Gasteiger partial charge is 0.455 e. The van der Waals surface area contributed by atoms with E-state index < -0.39 is 11.9 Å². The summed E-state index contributed by atoms with van der Waals surface area (Å²) in [5.74, 6) is -1.67. The van der Waals surface area contributed by atoms with Crippen LogP contribution in [0.5, 0.6) is 0 Å². The van der Waals surface area contributed by atoms with E-state index in [1.165, 1.54) is 0 Å². The molecule has 1 rings (SSSR count). The molecule has 0 bridgehead atoms. The maximum atomic E-state index is 12.1. The van der Waals surface area contributed by atoms with Gasteiger partial charge in [0.2, 0.25) is 0 Å². The molecule has 1 atom stereocenters. The molecule has 1 N–H and O–H groups in total. The van der Waals surface area contributed by atoms with Crippen LogP contribution >= 0.6 is 15.9 Å². The number of Topliss-reactive ketones (excluding diaryl/α,β-unsaturated/α-hetero) is 1. The molecule has 0 radical (unpaired) electrons. The molecule has 1 aromatic rings. The van der Waals surface area contributed by atoms with Crippen molar-refractivity contribution >= 4 is 33.6 Å². The number of carbonyl (C=O) groups excluding carboxylic acids is 3. The molecule has 0 aliphatic heterocycles. The number of hydrogen-bond acceptors (Lipinski definition) is 4. The quantitative estimate of drug-likeness (QED) is 0.604. The van der Waals surface area contributed by atoms with E-state index in [-0.39, 0.29) is 30.3 Å². The van der Waals surface area contributed by atoms with Crippen molar-refractivity contribution < 1.29 is 19.1 Å². The first-order valence-corrected chi connectivity index (χ1v) is 8.14. The molecule has 0 spiro atoms. The van der Waals surface area contributed by atoms with Crippen LogP contribution in [-0.2, 0) is 14.3 Å². The maximum absolute atomic E-state index is 12.1. The van der Waals surface area contributed by atoms with Crippen molar-refractivity contribution in [3.8, 4) is 0 Å². The van der Waals surface area contributed by atoms with E-state index in [9.17, 15) is 14.4 Å². The Bertz CT molecular complexity index is 593. The van der Waals surface area contributed by atoms with E-state index in [4.69, 9.17) is 4.74 Å². The summed E-state index contributed by atoms with van der Waals surface area (Å²) < 4.78 is 5.76. The van der Waals surface area contributed by atoms with Gasteiger partial charge in [-0.3, -0.25) is 14.4 Å². The Morgan fingerprint density at radius 2 is 1.91 bits per heavy atom. The molecule has 0 aromatic heterocycles. The lowest BCUT2D eigenvalue weighted by molar-refractivity contribution is -0.152. The van der Waals surface area contributed by atoms with Gasteiger partial charge in [0.1, 0.15) is 0 Å². The predicted molar refractivity (Wildman–Crippen MR) is 91.1 cm³/mol. The minimum absolute atomic E-state index is 0.0379. The molecule has 6 heteroatoms. The molecular formula is C17H22BrNO4. The van der Waals surface area contributed by atoms with Crippen LogP contribution in [0.4, 0.5) is 0 Å². The third kappa shape index (κ3) is 7.41. The first-order valence-electron chi connectivity index (χ1n) is 7.35. The molecule has 0 saturated carbocycles. The Hall–Kier alpha value is -1.69. The van der Waals surface area contributed by atoms with Gasteiger partial charge in [-0.05, 0) is 32.9 Å². The summed E-state index contributed by atoms with van der Waals surface area (Å²) in [5.41, 5.74) is 0.149.